The van der Waals surface area contributed by atoms with Crippen LogP contribution >= 0.6 is 24.0 Å². The first kappa shape index (κ1) is 21.9. The van der Waals surface area contributed by atoms with Crippen molar-refractivity contribution in [1.29, 1.82) is 0 Å². The van der Waals surface area contributed by atoms with Crippen LogP contribution in [0.3, 0.4) is 0 Å². The molecule has 0 aromatic carbocycles. The number of guanidine groups is 1. The maximum atomic E-state index is 4.36. The van der Waals surface area contributed by atoms with Crippen molar-refractivity contribution in [3.8, 4) is 0 Å². The molecule has 2 rings (SSSR count). The molecule has 7 nitrogen and oxygen atoms in total. The van der Waals surface area contributed by atoms with Crippen LogP contribution < -0.4 is 10.2 Å². The zero-order chi connectivity index (χ0) is 17.2. The Hall–Kier alpha value is -1.16. The predicted octanol–water partition coefficient (Wildman–Crippen LogP) is 1.52. The molecule has 0 bridgehead atoms. The van der Waals surface area contributed by atoms with Crippen LogP contribution in [0.25, 0.3) is 0 Å². The van der Waals surface area contributed by atoms with Gasteiger partial charge in [0.05, 0.1) is 0 Å². The van der Waals surface area contributed by atoms with Crippen LogP contribution in [0.4, 0.5) is 5.95 Å². The molecule has 2 heterocycles. The van der Waals surface area contributed by atoms with Crippen LogP contribution in [0.15, 0.2) is 23.5 Å². The van der Waals surface area contributed by atoms with Crippen molar-refractivity contribution in [2.24, 2.45) is 4.99 Å². The summed E-state index contributed by atoms with van der Waals surface area (Å²) in [6.45, 7) is 9.27. The van der Waals surface area contributed by atoms with E-state index in [1.165, 1.54) is 12.8 Å². The number of unbranched alkanes of at least 4 members (excludes halogenated alkanes) is 1. The SMILES string of the molecule is CCCCN(C)C(=NC)NCCN1CCN(c2ncccn2)CC1.I. The number of piperazine rings is 1. The first-order chi connectivity index (χ1) is 11.7. The third-order valence-electron chi connectivity index (χ3n) is 4.34. The molecule has 0 spiro atoms. The van der Waals surface area contributed by atoms with Gasteiger partial charge in [-0.25, -0.2) is 9.97 Å². The summed E-state index contributed by atoms with van der Waals surface area (Å²) in [4.78, 5) is 20.0. The van der Waals surface area contributed by atoms with Gasteiger partial charge in [0.2, 0.25) is 5.95 Å². The highest BCUT2D eigenvalue weighted by atomic mass is 127. The van der Waals surface area contributed by atoms with Gasteiger partial charge in [-0.15, -0.1) is 24.0 Å². The van der Waals surface area contributed by atoms with Gasteiger partial charge in [0.15, 0.2) is 5.96 Å². The van der Waals surface area contributed by atoms with E-state index in [1.807, 2.05) is 13.1 Å². The van der Waals surface area contributed by atoms with Crippen molar-refractivity contribution in [1.82, 2.24) is 25.1 Å². The van der Waals surface area contributed by atoms with Crippen molar-refractivity contribution >= 4 is 35.9 Å². The molecule has 0 saturated carbocycles. The number of rotatable bonds is 7. The first-order valence-electron chi connectivity index (χ1n) is 8.90. The lowest BCUT2D eigenvalue weighted by Gasteiger charge is -2.34. The molecule has 25 heavy (non-hydrogen) atoms. The standard InChI is InChI=1S/C17H31N7.HI/c1-4-5-10-22(3)16(18-2)21-9-11-23-12-14-24(15-13-23)17-19-7-6-8-20-17;/h6-8H,4-5,9-15H2,1-3H3,(H,18,21);1H. The second-order valence-corrected chi connectivity index (χ2v) is 6.13. The molecular weight excluding hydrogens is 429 g/mol. The second-order valence-electron chi connectivity index (χ2n) is 6.13. The monoisotopic (exact) mass is 461 g/mol. The van der Waals surface area contributed by atoms with E-state index in [-0.39, 0.29) is 24.0 Å². The lowest BCUT2D eigenvalue weighted by atomic mass is 10.3. The smallest absolute Gasteiger partial charge is 0.225 e. The molecule has 1 N–H and O–H groups in total. The summed E-state index contributed by atoms with van der Waals surface area (Å²) in [5.74, 6) is 1.83. The maximum absolute atomic E-state index is 4.36. The molecule has 1 fully saturated rings. The van der Waals surface area contributed by atoms with Gasteiger partial charge in [-0.05, 0) is 12.5 Å². The lowest BCUT2D eigenvalue weighted by Crippen LogP contribution is -2.50. The lowest BCUT2D eigenvalue weighted by molar-refractivity contribution is 0.259. The number of anilines is 1. The Morgan fingerprint density at radius 2 is 1.92 bits per heavy atom. The molecular formula is C17H32IN7. The highest BCUT2D eigenvalue weighted by molar-refractivity contribution is 14.0. The minimum atomic E-state index is 0. The van der Waals surface area contributed by atoms with Gasteiger partial charge >= 0.3 is 0 Å². The Morgan fingerprint density at radius 3 is 2.52 bits per heavy atom. The minimum absolute atomic E-state index is 0. The normalized spacial score (nSPS) is 15.6. The summed E-state index contributed by atoms with van der Waals surface area (Å²) in [7, 11) is 3.95. The molecule has 0 radical (unpaired) electrons. The molecule has 1 aliphatic heterocycles. The van der Waals surface area contributed by atoms with Crippen LogP contribution in [-0.2, 0) is 0 Å². The molecule has 0 atom stereocenters. The van der Waals surface area contributed by atoms with Crippen LogP contribution in [0.5, 0.6) is 0 Å². The van der Waals surface area contributed by atoms with Crippen LogP contribution in [0, 0.1) is 0 Å². The molecule has 1 saturated heterocycles. The number of hydrogen-bond acceptors (Lipinski definition) is 5. The topological polar surface area (TPSA) is 59.9 Å². The Morgan fingerprint density at radius 1 is 1.24 bits per heavy atom. The number of aromatic nitrogens is 2. The van der Waals surface area contributed by atoms with Crippen LogP contribution in [0.2, 0.25) is 0 Å². The molecule has 0 amide bonds. The molecule has 0 aliphatic carbocycles. The number of nitrogens with one attached hydrogen (secondary N) is 1. The largest absolute Gasteiger partial charge is 0.355 e. The number of hydrogen-bond donors (Lipinski definition) is 1. The Bertz CT molecular complexity index is 489. The third-order valence-corrected chi connectivity index (χ3v) is 4.34. The van der Waals surface area contributed by atoms with Crippen molar-refractivity contribution in [2.45, 2.75) is 19.8 Å². The number of aliphatic imine (C=N–C) groups is 1. The van der Waals surface area contributed by atoms with E-state index in [1.54, 1.807) is 12.4 Å². The van der Waals surface area contributed by atoms with E-state index in [2.05, 4.69) is 48.9 Å². The summed E-state index contributed by atoms with van der Waals surface area (Å²) in [6.07, 6.45) is 6.01. The number of nitrogens with zero attached hydrogens (tertiary/aromatic N) is 6. The van der Waals surface area contributed by atoms with E-state index in [9.17, 15) is 0 Å². The maximum Gasteiger partial charge on any atom is 0.225 e. The Labute approximate surface area is 168 Å². The quantitative estimate of drug-likeness (QED) is 0.378. The molecule has 1 aromatic rings. The summed E-state index contributed by atoms with van der Waals surface area (Å²) in [6, 6.07) is 1.86. The van der Waals surface area contributed by atoms with Gasteiger partial charge in [0.25, 0.3) is 0 Å². The van der Waals surface area contributed by atoms with Gasteiger partial charge < -0.3 is 15.1 Å². The van der Waals surface area contributed by atoms with Gasteiger partial charge in [-0.3, -0.25) is 9.89 Å². The summed E-state index contributed by atoms with van der Waals surface area (Å²) >= 11 is 0. The van der Waals surface area contributed by atoms with Crippen LogP contribution in [0.1, 0.15) is 19.8 Å². The highest BCUT2D eigenvalue weighted by Gasteiger charge is 2.18. The molecule has 1 aliphatic rings. The minimum Gasteiger partial charge on any atom is -0.355 e. The van der Waals surface area contributed by atoms with Crippen molar-refractivity contribution in [3.63, 3.8) is 0 Å². The summed E-state index contributed by atoms with van der Waals surface area (Å²) < 4.78 is 0. The Kier molecular flexibility index (Phi) is 10.7. The van der Waals surface area contributed by atoms with E-state index < -0.39 is 0 Å². The number of halogens is 1. The van der Waals surface area contributed by atoms with Crippen molar-refractivity contribution in [2.75, 3.05) is 64.8 Å². The molecule has 0 unspecified atom stereocenters. The van der Waals surface area contributed by atoms with E-state index >= 15 is 0 Å². The van der Waals surface area contributed by atoms with E-state index in [0.29, 0.717) is 0 Å². The van der Waals surface area contributed by atoms with Gasteiger partial charge in [-0.2, -0.15) is 0 Å². The average Bonchev–Trinajstić information content (AvgIpc) is 2.64. The fourth-order valence-corrected chi connectivity index (χ4v) is 2.84. The average molecular weight is 461 g/mol. The van der Waals surface area contributed by atoms with Crippen molar-refractivity contribution < 1.29 is 0 Å². The second kappa shape index (κ2) is 12.2. The molecule has 8 heteroatoms. The highest BCUT2D eigenvalue weighted by Crippen LogP contribution is 2.09. The van der Waals surface area contributed by atoms with E-state index in [0.717, 1.165) is 57.7 Å². The molecule has 1 aromatic heterocycles. The summed E-state index contributed by atoms with van der Waals surface area (Å²) in [5, 5.41) is 3.46. The van der Waals surface area contributed by atoms with Gasteiger partial charge in [-0.1, -0.05) is 13.3 Å². The Balaban J connectivity index is 0.00000312. The predicted molar refractivity (Wildman–Crippen MR) is 115 cm³/mol. The fraction of sp³-hybridized carbons (Fsp3) is 0.706. The zero-order valence-corrected chi connectivity index (χ0v) is 18.0. The van der Waals surface area contributed by atoms with Crippen molar-refractivity contribution in [3.05, 3.63) is 18.5 Å². The van der Waals surface area contributed by atoms with Gasteiger partial charge in [0.1, 0.15) is 0 Å². The van der Waals surface area contributed by atoms with E-state index in [4.69, 9.17) is 0 Å². The fourth-order valence-electron chi connectivity index (χ4n) is 2.84. The third kappa shape index (κ3) is 7.31. The zero-order valence-electron chi connectivity index (χ0n) is 15.7. The van der Waals surface area contributed by atoms with Crippen LogP contribution in [-0.4, -0.2) is 85.6 Å². The summed E-state index contributed by atoms with van der Waals surface area (Å²) in [5.41, 5.74) is 0. The first-order valence-corrected chi connectivity index (χ1v) is 8.90. The molecule has 142 valence electrons. The van der Waals surface area contributed by atoms with Gasteiger partial charge in [0, 0.05) is 72.3 Å².